The quantitative estimate of drug-likeness (QED) is 0.273. The normalized spacial score (nSPS) is 16.5. The summed E-state index contributed by atoms with van der Waals surface area (Å²) in [5.41, 5.74) is 1.91. The zero-order chi connectivity index (χ0) is 23.4. The number of para-hydroxylation sites is 1. The first kappa shape index (κ1) is 24.0. The lowest BCUT2D eigenvalue weighted by Gasteiger charge is -2.18. The summed E-state index contributed by atoms with van der Waals surface area (Å²) in [6, 6.07) is 9.59. The third-order valence-electron chi connectivity index (χ3n) is 5.93. The maximum absolute atomic E-state index is 13.8. The Morgan fingerprint density at radius 1 is 1.36 bits per heavy atom. The van der Waals surface area contributed by atoms with Crippen molar-refractivity contribution in [2.75, 3.05) is 19.8 Å². The van der Waals surface area contributed by atoms with Crippen molar-refractivity contribution in [3.8, 4) is 5.69 Å². The molecule has 33 heavy (non-hydrogen) atoms. The lowest BCUT2D eigenvalue weighted by molar-refractivity contribution is -0.120. The molecule has 2 atom stereocenters. The van der Waals surface area contributed by atoms with Crippen LogP contribution in [0.5, 0.6) is 0 Å². The Bertz CT molecular complexity index is 1170. The fourth-order valence-corrected chi connectivity index (χ4v) is 6.52. The second-order valence-corrected chi connectivity index (χ2v) is 10.9. The number of ether oxygens (including phenoxy) is 1. The zero-order valence-corrected chi connectivity index (χ0v) is 21.1. The summed E-state index contributed by atoms with van der Waals surface area (Å²) in [6.45, 7) is 7.95. The maximum atomic E-state index is 13.8. The summed E-state index contributed by atoms with van der Waals surface area (Å²) in [5, 5.41) is 3.89. The van der Waals surface area contributed by atoms with E-state index in [1.165, 1.54) is 22.2 Å². The Kier molecular flexibility index (Phi) is 7.88. The van der Waals surface area contributed by atoms with Crippen LogP contribution in [0.2, 0.25) is 0 Å². The van der Waals surface area contributed by atoms with E-state index >= 15 is 0 Å². The molecule has 2 unspecified atom stereocenters. The number of hydrogen-bond acceptors (Lipinski definition) is 6. The molecule has 0 saturated carbocycles. The van der Waals surface area contributed by atoms with Crippen LogP contribution in [0.3, 0.4) is 0 Å². The Hall–Kier alpha value is -2.16. The van der Waals surface area contributed by atoms with E-state index < -0.39 is 0 Å². The molecule has 6 nitrogen and oxygen atoms in total. The molecule has 1 aliphatic carbocycles. The molecule has 0 spiro atoms. The largest absolute Gasteiger partial charge is 0.382 e. The van der Waals surface area contributed by atoms with Crippen LogP contribution >= 0.6 is 23.1 Å². The van der Waals surface area contributed by atoms with Gasteiger partial charge in [-0.2, -0.15) is 0 Å². The monoisotopic (exact) mass is 485 g/mol. The number of carbonyl (C=O) groups is 1. The van der Waals surface area contributed by atoms with Gasteiger partial charge in [-0.25, -0.2) is 4.98 Å². The number of aryl methyl sites for hydroxylation is 1. The molecule has 1 aromatic carbocycles. The molecule has 176 valence electrons. The number of hydrogen-bond donors (Lipinski definition) is 1. The molecule has 8 heteroatoms. The lowest BCUT2D eigenvalue weighted by Crippen LogP contribution is -2.33. The highest BCUT2D eigenvalue weighted by atomic mass is 32.2. The molecular formula is C25H31N3O3S2. The number of aromatic nitrogens is 2. The van der Waals surface area contributed by atoms with E-state index in [9.17, 15) is 9.59 Å². The highest BCUT2D eigenvalue weighted by Gasteiger charge is 2.26. The summed E-state index contributed by atoms with van der Waals surface area (Å²) in [4.78, 5) is 33.5. The lowest BCUT2D eigenvalue weighted by atomic mass is 9.89. The number of benzene rings is 1. The van der Waals surface area contributed by atoms with Crippen LogP contribution in [0, 0.1) is 5.92 Å². The van der Waals surface area contributed by atoms with Gasteiger partial charge in [0.15, 0.2) is 5.16 Å². The molecule has 2 heterocycles. The number of nitrogens with zero attached hydrogens (tertiary/aromatic N) is 2. The minimum atomic E-state index is -0.383. The predicted molar refractivity (Wildman–Crippen MR) is 136 cm³/mol. The van der Waals surface area contributed by atoms with Crippen LogP contribution in [-0.4, -0.2) is 40.5 Å². The third-order valence-corrected chi connectivity index (χ3v) is 8.13. The van der Waals surface area contributed by atoms with Crippen molar-refractivity contribution in [1.82, 2.24) is 14.9 Å². The molecule has 0 fully saturated rings. The molecule has 3 aromatic rings. The van der Waals surface area contributed by atoms with Gasteiger partial charge in [-0.3, -0.25) is 14.2 Å². The van der Waals surface area contributed by atoms with E-state index in [-0.39, 0.29) is 16.7 Å². The Balaban J connectivity index is 1.67. The van der Waals surface area contributed by atoms with Crippen LogP contribution in [-0.2, 0) is 22.4 Å². The second kappa shape index (κ2) is 10.8. The van der Waals surface area contributed by atoms with E-state index in [1.807, 2.05) is 44.2 Å². The highest BCUT2D eigenvalue weighted by Crippen LogP contribution is 2.37. The summed E-state index contributed by atoms with van der Waals surface area (Å²) >= 11 is 2.97. The average Bonchev–Trinajstić information content (AvgIpc) is 3.17. The summed E-state index contributed by atoms with van der Waals surface area (Å²) in [7, 11) is 0. The van der Waals surface area contributed by atoms with E-state index in [0.717, 1.165) is 41.6 Å². The standard InChI is InChI=1S/C25H31N3O3S2/c1-4-31-14-8-13-26-22(29)17(3)32-25-27-23-21(19-12-11-16(2)15-20(19)33-23)24(30)28(25)18-9-6-5-7-10-18/h5-7,9-10,16-17H,4,8,11-15H2,1-3H3,(H,26,29). The number of thiophene rings is 1. The molecule has 1 aliphatic rings. The number of nitrogens with one attached hydrogen (secondary N) is 1. The van der Waals surface area contributed by atoms with Gasteiger partial charge in [0.25, 0.3) is 5.56 Å². The maximum Gasteiger partial charge on any atom is 0.267 e. The zero-order valence-electron chi connectivity index (χ0n) is 19.4. The molecule has 4 rings (SSSR count). The van der Waals surface area contributed by atoms with Crippen LogP contribution < -0.4 is 10.9 Å². The number of amides is 1. The minimum Gasteiger partial charge on any atom is -0.382 e. The SMILES string of the molecule is CCOCCCNC(=O)C(C)Sc1nc2sc3c(c2c(=O)n1-c1ccccc1)CCC(C)C3. The van der Waals surface area contributed by atoms with E-state index in [1.54, 1.807) is 15.9 Å². The van der Waals surface area contributed by atoms with Gasteiger partial charge in [-0.15, -0.1) is 11.3 Å². The molecule has 0 saturated heterocycles. The fraction of sp³-hybridized carbons (Fsp3) is 0.480. The first-order chi connectivity index (χ1) is 16.0. The van der Waals surface area contributed by atoms with Crippen molar-refractivity contribution in [2.24, 2.45) is 5.92 Å². The van der Waals surface area contributed by atoms with Gasteiger partial charge in [-0.05, 0) is 63.1 Å². The first-order valence-corrected chi connectivity index (χ1v) is 13.3. The number of rotatable bonds is 9. The average molecular weight is 486 g/mol. The summed E-state index contributed by atoms with van der Waals surface area (Å²) < 4.78 is 7.01. The third kappa shape index (κ3) is 5.34. The summed E-state index contributed by atoms with van der Waals surface area (Å²) in [5.74, 6) is 0.562. The van der Waals surface area contributed by atoms with Gasteiger partial charge in [0.2, 0.25) is 5.91 Å². The Morgan fingerprint density at radius 3 is 2.91 bits per heavy atom. The van der Waals surface area contributed by atoms with Gasteiger partial charge in [0.05, 0.1) is 16.3 Å². The van der Waals surface area contributed by atoms with Gasteiger partial charge >= 0.3 is 0 Å². The topological polar surface area (TPSA) is 73.2 Å². The van der Waals surface area contributed by atoms with Crippen molar-refractivity contribution in [1.29, 1.82) is 0 Å². The molecule has 0 aliphatic heterocycles. The minimum absolute atomic E-state index is 0.0370. The smallest absolute Gasteiger partial charge is 0.267 e. The van der Waals surface area contributed by atoms with Crippen LogP contribution in [0.4, 0.5) is 0 Å². The van der Waals surface area contributed by atoms with Crippen molar-refractivity contribution in [3.63, 3.8) is 0 Å². The van der Waals surface area contributed by atoms with Gasteiger partial charge < -0.3 is 10.1 Å². The number of thioether (sulfide) groups is 1. The predicted octanol–water partition coefficient (Wildman–Crippen LogP) is 4.60. The first-order valence-electron chi connectivity index (χ1n) is 11.6. The molecule has 0 radical (unpaired) electrons. The van der Waals surface area contributed by atoms with Crippen LogP contribution in [0.1, 0.15) is 44.1 Å². The van der Waals surface area contributed by atoms with Crippen molar-refractivity contribution >= 4 is 39.2 Å². The van der Waals surface area contributed by atoms with Crippen LogP contribution in [0.25, 0.3) is 15.9 Å². The number of fused-ring (bicyclic) bond motifs is 3. The van der Waals surface area contributed by atoms with Crippen molar-refractivity contribution in [3.05, 3.63) is 51.1 Å². The molecule has 1 amide bonds. The molecular weight excluding hydrogens is 454 g/mol. The highest BCUT2D eigenvalue weighted by molar-refractivity contribution is 8.00. The van der Waals surface area contributed by atoms with Gasteiger partial charge in [0.1, 0.15) is 4.83 Å². The van der Waals surface area contributed by atoms with E-state index in [0.29, 0.717) is 30.8 Å². The molecule has 0 bridgehead atoms. The Labute approximate surface area is 202 Å². The van der Waals surface area contributed by atoms with Crippen molar-refractivity contribution in [2.45, 2.75) is 56.9 Å². The van der Waals surface area contributed by atoms with E-state index in [4.69, 9.17) is 9.72 Å². The summed E-state index contributed by atoms with van der Waals surface area (Å²) in [6.07, 6.45) is 3.80. The molecule has 2 aromatic heterocycles. The van der Waals surface area contributed by atoms with Gasteiger partial charge in [0, 0.05) is 24.6 Å². The fourth-order valence-electron chi connectivity index (χ4n) is 4.14. The van der Waals surface area contributed by atoms with E-state index in [2.05, 4.69) is 12.2 Å². The van der Waals surface area contributed by atoms with Gasteiger partial charge in [-0.1, -0.05) is 36.9 Å². The molecule has 1 N–H and O–H groups in total. The second-order valence-electron chi connectivity index (χ2n) is 8.50. The Morgan fingerprint density at radius 2 is 2.15 bits per heavy atom. The van der Waals surface area contributed by atoms with Crippen molar-refractivity contribution < 1.29 is 9.53 Å². The van der Waals surface area contributed by atoms with Crippen LogP contribution in [0.15, 0.2) is 40.3 Å². The number of carbonyl (C=O) groups excluding carboxylic acids is 1.